The molecular formula is C53H64ClN11O3S. The maximum atomic E-state index is 12.8. The molecule has 0 aliphatic carbocycles. The number of para-hydroxylation sites is 2. The lowest BCUT2D eigenvalue weighted by Gasteiger charge is -2.32. The Morgan fingerprint density at radius 3 is 2.26 bits per heavy atom. The van der Waals surface area contributed by atoms with Gasteiger partial charge in [-0.05, 0) is 132 Å². The number of ether oxygens (including phenoxy) is 2. The molecule has 7 aromatic rings. The highest BCUT2D eigenvalue weighted by molar-refractivity contribution is 7.85. The van der Waals surface area contributed by atoms with Crippen molar-refractivity contribution in [3.8, 4) is 22.8 Å². The fourth-order valence-electron chi connectivity index (χ4n) is 8.79. The van der Waals surface area contributed by atoms with E-state index in [1.165, 1.54) is 11.1 Å². The third kappa shape index (κ3) is 12.0. The van der Waals surface area contributed by atoms with Crippen LogP contribution in [0.15, 0.2) is 102 Å². The number of nitrogens with one attached hydrogen (secondary N) is 5. The van der Waals surface area contributed by atoms with Gasteiger partial charge in [-0.25, -0.2) is 15.0 Å². The molecule has 7 N–H and O–H groups in total. The molecule has 0 radical (unpaired) electrons. The molecule has 9 rings (SSSR count). The van der Waals surface area contributed by atoms with Crippen molar-refractivity contribution in [3.63, 3.8) is 0 Å². The Balaban J connectivity index is 0.000000188. The van der Waals surface area contributed by atoms with Crippen molar-refractivity contribution in [2.45, 2.75) is 95.4 Å². The van der Waals surface area contributed by atoms with E-state index < -0.39 is 10.8 Å². The van der Waals surface area contributed by atoms with Crippen LogP contribution >= 0.6 is 11.6 Å². The third-order valence-electron chi connectivity index (χ3n) is 12.4. The zero-order valence-electron chi connectivity index (χ0n) is 40.5. The first-order valence-electron chi connectivity index (χ1n) is 23.8. The van der Waals surface area contributed by atoms with Gasteiger partial charge in [-0.2, -0.15) is 4.98 Å². The van der Waals surface area contributed by atoms with E-state index in [0.29, 0.717) is 45.3 Å². The second-order valence-electron chi connectivity index (χ2n) is 18.2. The van der Waals surface area contributed by atoms with Crippen molar-refractivity contribution in [2.75, 3.05) is 54.1 Å². The Morgan fingerprint density at radius 2 is 1.51 bits per heavy atom. The molecule has 0 bridgehead atoms. The highest BCUT2D eigenvalue weighted by Gasteiger charge is 2.22. The minimum Gasteiger partial charge on any atom is -0.494 e. The van der Waals surface area contributed by atoms with Crippen LogP contribution in [0.2, 0.25) is 5.02 Å². The van der Waals surface area contributed by atoms with Crippen molar-refractivity contribution < 1.29 is 13.7 Å². The number of aryl methyl sites for hydroxylation is 2. The van der Waals surface area contributed by atoms with Crippen molar-refractivity contribution in [1.82, 2.24) is 30.2 Å². The van der Waals surface area contributed by atoms with Crippen LogP contribution in [0.25, 0.3) is 22.2 Å². The third-order valence-corrected chi connectivity index (χ3v) is 14.4. The molecule has 1 atom stereocenters. The van der Waals surface area contributed by atoms with E-state index in [1.54, 1.807) is 13.3 Å². The number of rotatable bonds is 14. The van der Waals surface area contributed by atoms with Crippen LogP contribution in [0.5, 0.6) is 11.5 Å². The molecular weight excluding hydrogens is 906 g/mol. The highest BCUT2D eigenvalue weighted by atomic mass is 35.5. The second-order valence-corrected chi connectivity index (χ2v) is 20.6. The fourth-order valence-corrected chi connectivity index (χ4v) is 9.98. The summed E-state index contributed by atoms with van der Waals surface area (Å²) in [6.07, 6.45) is 9.69. The normalized spacial score (nSPS) is 14.9. The lowest BCUT2D eigenvalue weighted by molar-refractivity contribution is 0.243. The Morgan fingerprint density at radius 1 is 0.797 bits per heavy atom. The molecule has 5 heterocycles. The summed E-state index contributed by atoms with van der Waals surface area (Å²) in [6.45, 7) is 16.1. The summed E-state index contributed by atoms with van der Waals surface area (Å²) >= 11 is 6.45. The number of fused-ring (bicyclic) bond motifs is 1. The van der Waals surface area contributed by atoms with Gasteiger partial charge in [0.25, 0.3) is 0 Å². The molecule has 0 spiro atoms. The highest BCUT2D eigenvalue weighted by Crippen LogP contribution is 2.39. The average Bonchev–Trinajstić information content (AvgIpc) is 3.78. The van der Waals surface area contributed by atoms with Gasteiger partial charge in [0.15, 0.2) is 5.82 Å². The Hall–Kier alpha value is -6.26. The van der Waals surface area contributed by atoms with Gasteiger partial charge in [0, 0.05) is 65.0 Å². The summed E-state index contributed by atoms with van der Waals surface area (Å²) in [6, 6.07) is 26.5. The number of benzene rings is 4. The lowest BCUT2D eigenvalue weighted by Crippen LogP contribution is -2.39. The van der Waals surface area contributed by atoms with E-state index in [1.807, 2.05) is 89.5 Å². The van der Waals surface area contributed by atoms with Gasteiger partial charge in [-0.3, -0.25) is 4.21 Å². The summed E-state index contributed by atoms with van der Waals surface area (Å²) in [7, 11) is 0.519. The number of nitrogens with zero attached hydrogens (tertiary/aromatic N) is 5. The van der Waals surface area contributed by atoms with Gasteiger partial charge in [-0.1, -0.05) is 55.8 Å². The molecule has 14 nitrogen and oxygen atoms in total. The van der Waals surface area contributed by atoms with Crippen molar-refractivity contribution in [2.24, 2.45) is 5.73 Å². The summed E-state index contributed by atoms with van der Waals surface area (Å²) in [5.41, 5.74) is 16.1. The molecule has 4 aromatic carbocycles. The number of hydrogen-bond acceptors (Lipinski definition) is 13. The van der Waals surface area contributed by atoms with Gasteiger partial charge in [-0.15, -0.1) is 0 Å². The minimum absolute atomic E-state index is 0.0171. The van der Waals surface area contributed by atoms with Gasteiger partial charge < -0.3 is 46.4 Å². The quantitative estimate of drug-likeness (QED) is 0.0607. The van der Waals surface area contributed by atoms with E-state index in [9.17, 15) is 4.21 Å². The monoisotopic (exact) mass is 969 g/mol. The van der Waals surface area contributed by atoms with Crippen LogP contribution in [0.4, 0.5) is 40.5 Å². The van der Waals surface area contributed by atoms with Crippen LogP contribution in [-0.2, 0) is 10.8 Å². The van der Waals surface area contributed by atoms with E-state index in [4.69, 9.17) is 31.8 Å². The number of H-pyrrole nitrogens is 1. The molecule has 0 saturated carbocycles. The number of aromatic amines is 1. The first kappa shape index (κ1) is 49.2. The first-order valence-corrected chi connectivity index (χ1v) is 25.4. The van der Waals surface area contributed by atoms with Crippen LogP contribution in [-0.4, -0.2) is 79.8 Å². The van der Waals surface area contributed by atoms with Crippen molar-refractivity contribution >= 4 is 73.8 Å². The molecule has 2 aliphatic heterocycles. The van der Waals surface area contributed by atoms with E-state index in [2.05, 4.69) is 89.4 Å². The molecule has 69 heavy (non-hydrogen) atoms. The molecule has 362 valence electrons. The largest absolute Gasteiger partial charge is 0.494 e. The Bertz CT molecular complexity index is 2900. The Labute approximate surface area is 413 Å². The second kappa shape index (κ2) is 22.4. The van der Waals surface area contributed by atoms with Crippen LogP contribution in [0.1, 0.15) is 76.0 Å². The fraction of sp³-hybridized carbons (Fsp3) is 0.358. The molecule has 3 aromatic heterocycles. The van der Waals surface area contributed by atoms with Crippen LogP contribution in [0.3, 0.4) is 0 Å². The smallest absolute Gasteiger partial charge is 0.229 e. The minimum atomic E-state index is -1.17. The zero-order chi connectivity index (χ0) is 48.6. The van der Waals surface area contributed by atoms with Crippen molar-refractivity contribution in [3.05, 3.63) is 119 Å². The van der Waals surface area contributed by atoms with E-state index in [0.717, 1.165) is 108 Å². The maximum Gasteiger partial charge on any atom is 0.229 e. The van der Waals surface area contributed by atoms with E-state index >= 15 is 0 Å². The van der Waals surface area contributed by atoms with Crippen molar-refractivity contribution in [1.29, 1.82) is 0 Å². The standard InChI is InChI=1S/C28H36ClN5O2S.C25H28N6O/c1-17(2)36-25-15-21(20-10-12-30-13-11-20)19(5)14-24(25)33-28-31-16-22(29)27(34-28)32-23-8-6-7-9-26(23)37(35)18(3)4;1-16-14-28-25(30-24(16)20-15-27-21-6-4-3-5-19(20)21)29-22-8-7-18(13-23(22)32-2)31-11-9-17(26)10-12-31/h6-9,14-18,20,30H,10-13H2,1-5H3,(H2,31,32,33,34);3-8,13-15,17,27H,9-12,26H2,1-2H3,(H,28,29,30). The molecule has 1 unspecified atom stereocenters. The molecule has 16 heteroatoms. The summed E-state index contributed by atoms with van der Waals surface area (Å²) in [5.74, 6) is 3.41. The van der Waals surface area contributed by atoms with Gasteiger partial charge in [0.05, 0.1) is 57.9 Å². The molecule has 2 saturated heterocycles. The summed E-state index contributed by atoms with van der Waals surface area (Å²) in [5, 5.41) is 14.9. The molecule has 2 aliphatic rings. The zero-order valence-corrected chi connectivity index (χ0v) is 42.1. The van der Waals surface area contributed by atoms with Gasteiger partial charge in [0.2, 0.25) is 11.9 Å². The van der Waals surface area contributed by atoms with E-state index in [-0.39, 0.29) is 11.4 Å². The number of piperidine rings is 2. The first-order chi connectivity index (χ1) is 33.3. The predicted molar refractivity (Wildman–Crippen MR) is 283 cm³/mol. The molecule has 2 fully saturated rings. The topological polar surface area (TPSA) is 180 Å². The number of halogens is 1. The molecule has 0 amide bonds. The van der Waals surface area contributed by atoms with Gasteiger partial charge >= 0.3 is 0 Å². The summed E-state index contributed by atoms with van der Waals surface area (Å²) in [4.78, 5) is 24.8. The predicted octanol–water partition coefficient (Wildman–Crippen LogP) is 11.3. The number of methoxy groups -OCH3 is 1. The summed E-state index contributed by atoms with van der Waals surface area (Å²) < 4.78 is 24.7. The average molecular weight is 971 g/mol. The number of anilines is 7. The van der Waals surface area contributed by atoms with Crippen LogP contribution < -0.4 is 41.4 Å². The van der Waals surface area contributed by atoms with Crippen LogP contribution in [0, 0.1) is 13.8 Å². The number of nitrogens with two attached hydrogens (primary N) is 1. The number of hydrogen-bond donors (Lipinski definition) is 6. The Kier molecular flexibility index (Phi) is 16.0. The van der Waals surface area contributed by atoms with Gasteiger partial charge in [0.1, 0.15) is 16.5 Å². The number of aromatic nitrogens is 5. The SMILES string of the molecule is COc1cc(N2CCC(N)CC2)ccc1Nc1ncc(C)c(-c2c[nH]c3ccccc23)n1.Cc1cc(Nc2ncc(Cl)c(Nc3ccccc3S(=O)C(C)C)n2)c(OC(C)C)cc1C1CCNCC1. The maximum absolute atomic E-state index is 12.8. The lowest BCUT2D eigenvalue weighted by atomic mass is 9.87.